The quantitative estimate of drug-likeness (QED) is 0.489. The van der Waals surface area contributed by atoms with Gasteiger partial charge in [0.2, 0.25) is 0 Å². The molecule has 0 fully saturated rings. The summed E-state index contributed by atoms with van der Waals surface area (Å²) in [5, 5.41) is 7.89. The number of carboxylic acid groups (broad SMARTS) is 1. The second-order valence-corrected chi connectivity index (χ2v) is 2.47. The van der Waals surface area contributed by atoms with Crippen LogP contribution < -0.4 is 0 Å². The maximum absolute atomic E-state index is 9.60. The van der Waals surface area contributed by atoms with Gasteiger partial charge in [-0.05, 0) is 6.92 Å². The van der Waals surface area contributed by atoms with Crippen molar-refractivity contribution in [1.82, 2.24) is 0 Å². The van der Waals surface area contributed by atoms with E-state index in [4.69, 9.17) is 5.11 Å². The Balaban J connectivity index is 0. The first kappa shape index (κ1) is 12.5. The maximum Gasteiger partial charge on any atom is 0.330 e. The molecule has 0 heterocycles. The molecule has 0 unspecified atom stereocenters. The lowest BCUT2D eigenvalue weighted by Gasteiger charge is -1.79. The molecule has 0 saturated heterocycles. The maximum atomic E-state index is 9.60. The van der Waals surface area contributed by atoms with Crippen LogP contribution in [0.2, 0.25) is 0 Å². The molecule has 0 amide bonds. The third-order valence-electron chi connectivity index (χ3n) is 0.637. The van der Waals surface area contributed by atoms with Crippen molar-refractivity contribution in [3.05, 3.63) is 12.2 Å². The fourth-order valence-electron chi connectivity index (χ4n) is 0. The highest BCUT2D eigenvalue weighted by Gasteiger charge is 1.90. The van der Waals surface area contributed by atoms with E-state index >= 15 is 0 Å². The highest BCUT2D eigenvalue weighted by atomic mass is 16.4. The number of hydrogen-bond acceptors (Lipinski definition) is 2. The Morgan fingerprint density at radius 3 is 1.73 bits per heavy atom. The number of aldehydes is 1. The van der Waals surface area contributed by atoms with E-state index in [0.29, 0.717) is 0 Å². The number of carbonyl (C=O) groups is 2. The lowest BCUT2D eigenvalue weighted by molar-refractivity contribution is -0.132. The van der Waals surface area contributed by atoms with Gasteiger partial charge in [-0.25, -0.2) is 4.79 Å². The molecule has 0 rings (SSSR count). The molecule has 0 bridgehead atoms. The van der Waals surface area contributed by atoms with Crippen LogP contribution >= 0.6 is 0 Å². The van der Waals surface area contributed by atoms with Gasteiger partial charge in [-0.1, -0.05) is 20.4 Å². The number of hydrogen-bond donors (Lipinski definition) is 1. The summed E-state index contributed by atoms with van der Waals surface area (Å²) in [5.74, 6) is -0.731. The first-order chi connectivity index (χ1) is 4.91. The molecule has 0 aliphatic heterocycles. The van der Waals surface area contributed by atoms with E-state index in [0.717, 1.165) is 6.29 Å². The van der Waals surface area contributed by atoms with Gasteiger partial charge in [0.1, 0.15) is 6.29 Å². The fourth-order valence-corrected chi connectivity index (χ4v) is 0. The van der Waals surface area contributed by atoms with Crippen LogP contribution in [-0.2, 0) is 9.59 Å². The van der Waals surface area contributed by atoms with E-state index in [-0.39, 0.29) is 11.5 Å². The summed E-state index contributed by atoms with van der Waals surface area (Å²) in [4.78, 5) is 19.1. The molecule has 0 aromatic carbocycles. The molecule has 0 aliphatic carbocycles. The third-order valence-corrected chi connectivity index (χ3v) is 0.637. The molecule has 0 atom stereocenters. The van der Waals surface area contributed by atoms with Crippen LogP contribution in [0.3, 0.4) is 0 Å². The number of carboxylic acids is 1. The van der Waals surface area contributed by atoms with Crippen LogP contribution in [0, 0.1) is 5.92 Å². The largest absolute Gasteiger partial charge is 0.478 e. The average Bonchev–Trinajstić information content (AvgIpc) is 1.89. The molecule has 0 radical (unpaired) electrons. The van der Waals surface area contributed by atoms with Gasteiger partial charge < -0.3 is 9.90 Å². The zero-order valence-corrected chi connectivity index (χ0v) is 7.13. The Bertz CT molecular complexity index is 135. The smallest absolute Gasteiger partial charge is 0.330 e. The molecule has 3 nitrogen and oxygen atoms in total. The second kappa shape index (κ2) is 6.99. The molecule has 0 saturated carbocycles. The van der Waals surface area contributed by atoms with Gasteiger partial charge in [-0.15, -0.1) is 0 Å². The van der Waals surface area contributed by atoms with Crippen molar-refractivity contribution in [2.75, 3.05) is 0 Å². The molecule has 3 heteroatoms. The van der Waals surface area contributed by atoms with Crippen molar-refractivity contribution < 1.29 is 14.7 Å². The Kier molecular flexibility index (Phi) is 7.98. The summed E-state index contributed by atoms with van der Waals surface area (Å²) in [6, 6.07) is 0. The van der Waals surface area contributed by atoms with E-state index in [1.807, 2.05) is 13.8 Å². The van der Waals surface area contributed by atoms with Crippen LogP contribution in [0.1, 0.15) is 20.8 Å². The highest BCUT2D eigenvalue weighted by molar-refractivity contribution is 5.84. The number of carbonyl (C=O) groups excluding carboxylic acids is 1. The van der Waals surface area contributed by atoms with Crippen LogP contribution in [0.15, 0.2) is 12.2 Å². The zero-order valence-electron chi connectivity index (χ0n) is 7.13. The minimum absolute atomic E-state index is 0.176. The summed E-state index contributed by atoms with van der Waals surface area (Å²) in [6.07, 6.45) is 0.917. The van der Waals surface area contributed by atoms with Crippen LogP contribution in [0.5, 0.6) is 0 Å². The number of aliphatic carboxylic acids is 1. The minimum Gasteiger partial charge on any atom is -0.478 e. The lowest BCUT2D eigenvalue weighted by atomic mass is 10.3. The summed E-state index contributed by atoms with van der Waals surface area (Å²) in [5.41, 5.74) is 0.176. The second-order valence-electron chi connectivity index (χ2n) is 2.47. The van der Waals surface area contributed by atoms with Crippen molar-refractivity contribution in [3.63, 3.8) is 0 Å². The van der Waals surface area contributed by atoms with Gasteiger partial charge in [-0.3, -0.25) is 0 Å². The Morgan fingerprint density at radius 2 is 1.73 bits per heavy atom. The molecule has 0 aromatic rings. The molecule has 0 aliphatic rings. The highest BCUT2D eigenvalue weighted by Crippen LogP contribution is 1.81. The van der Waals surface area contributed by atoms with Gasteiger partial charge in [0, 0.05) is 11.5 Å². The first-order valence-corrected chi connectivity index (χ1v) is 3.26. The third kappa shape index (κ3) is 17.7. The van der Waals surface area contributed by atoms with Gasteiger partial charge in [0.05, 0.1) is 0 Å². The Labute approximate surface area is 66.7 Å². The van der Waals surface area contributed by atoms with E-state index < -0.39 is 5.97 Å². The summed E-state index contributed by atoms with van der Waals surface area (Å²) in [6.45, 7) is 8.31. The van der Waals surface area contributed by atoms with Gasteiger partial charge in [-0.2, -0.15) is 0 Å². The van der Waals surface area contributed by atoms with E-state index in [1.54, 1.807) is 0 Å². The van der Waals surface area contributed by atoms with Crippen molar-refractivity contribution in [3.8, 4) is 0 Å². The summed E-state index contributed by atoms with van der Waals surface area (Å²) < 4.78 is 0. The van der Waals surface area contributed by atoms with Crippen molar-refractivity contribution in [2.24, 2.45) is 5.92 Å². The molecule has 1 N–H and O–H groups in total. The normalized spacial score (nSPS) is 8.00. The molecule has 0 aromatic heterocycles. The summed E-state index contributed by atoms with van der Waals surface area (Å²) >= 11 is 0. The van der Waals surface area contributed by atoms with Crippen LogP contribution in [0.25, 0.3) is 0 Å². The molecule has 64 valence electrons. The SMILES string of the molecule is C=C(C)C(=O)O.CC(C)C=O. The van der Waals surface area contributed by atoms with E-state index in [1.165, 1.54) is 6.92 Å². The van der Waals surface area contributed by atoms with Crippen molar-refractivity contribution in [2.45, 2.75) is 20.8 Å². The zero-order chi connectivity index (χ0) is 9.44. The van der Waals surface area contributed by atoms with Gasteiger partial charge >= 0.3 is 5.97 Å². The summed E-state index contributed by atoms with van der Waals surface area (Å²) in [7, 11) is 0. The van der Waals surface area contributed by atoms with E-state index in [9.17, 15) is 9.59 Å². The van der Waals surface area contributed by atoms with Crippen LogP contribution in [0.4, 0.5) is 0 Å². The first-order valence-electron chi connectivity index (χ1n) is 3.26. The van der Waals surface area contributed by atoms with Crippen molar-refractivity contribution in [1.29, 1.82) is 0 Å². The molecule has 11 heavy (non-hydrogen) atoms. The topological polar surface area (TPSA) is 54.4 Å². The van der Waals surface area contributed by atoms with Crippen molar-refractivity contribution >= 4 is 12.3 Å². The molecular weight excluding hydrogens is 144 g/mol. The predicted molar refractivity (Wildman–Crippen MR) is 43.4 cm³/mol. The molecule has 0 spiro atoms. The minimum atomic E-state index is -0.935. The van der Waals surface area contributed by atoms with E-state index in [2.05, 4.69) is 6.58 Å². The predicted octanol–water partition coefficient (Wildman–Crippen LogP) is 1.49. The molecular formula is C8H14O3. The van der Waals surface area contributed by atoms with Gasteiger partial charge in [0.15, 0.2) is 0 Å². The average molecular weight is 158 g/mol. The number of rotatable bonds is 2. The Hall–Kier alpha value is -1.12. The lowest BCUT2D eigenvalue weighted by Crippen LogP contribution is -1.92. The van der Waals surface area contributed by atoms with Crippen LogP contribution in [-0.4, -0.2) is 17.4 Å². The monoisotopic (exact) mass is 158 g/mol. The Morgan fingerprint density at radius 1 is 1.55 bits per heavy atom. The standard InChI is InChI=1S/C4H6O2.C4H8O/c1-3(2)4(5)6;1-4(2)3-5/h1H2,2H3,(H,5,6);3-4H,1-2H3. The fraction of sp³-hybridized carbons (Fsp3) is 0.500. The van der Waals surface area contributed by atoms with Gasteiger partial charge in [0.25, 0.3) is 0 Å².